The second-order valence-corrected chi connectivity index (χ2v) is 12.3. The van der Waals surface area contributed by atoms with Crippen LogP contribution in [0.5, 0.6) is 11.5 Å². The van der Waals surface area contributed by atoms with E-state index >= 15 is 0 Å². The molecule has 2 rings (SSSR count). The highest BCUT2D eigenvalue weighted by Crippen LogP contribution is 2.37. The topological polar surface area (TPSA) is 119 Å². The Morgan fingerprint density at radius 1 is 0.970 bits per heavy atom. The molecule has 0 aliphatic rings. The van der Waals surface area contributed by atoms with Crippen LogP contribution in [0.3, 0.4) is 0 Å². The molecule has 0 aromatic heterocycles. The SMILES string of the molecule is C[C@H](CCl)COc1c(Cl)cc(S(=O)(=O)c2ccc(OC[C@H](O)CNS(C)(=O)=O)cc2)cc1Cl. The summed E-state index contributed by atoms with van der Waals surface area (Å²) in [5.74, 6) is 0.917. The van der Waals surface area contributed by atoms with Gasteiger partial charge in [0, 0.05) is 18.3 Å². The molecule has 0 amide bonds. The summed E-state index contributed by atoms with van der Waals surface area (Å²) in [6, 6.07) is 8.02. The summed E-state index contributed by atoms with van der Waals surface area (Å²) in [5, 5.41) is 9.88. The first kappa shape index (κ1) is 28.0. The van der Waals surface area contributed by atoms with Gasteiger partial charge in [-0.25, -0.2) is 21.6 Å². The molecule has 2 atom stereocenters. The number of benzene rings is 2. The number of aliphatic hydroxyl groups is 1. The molecule has 0 spiro atoms. The van der Waals surface area contributed by atoms with E-state index in [1.165, 1.54) is 36.4 Å². The Kier molecular flexibility index (Phi) is 10.1. The van der Waals surface area contributed by atoms with Crippen LogP contribution in [0.2, 0.25) is 10.0 Å². The van der Waals surface area contributed by atoms with Crippen molar-refractivity contribution in [3.05, 3.63) is 46.4 Å². The lowest BCUT2D eigenvalue weighted by Gasteiger charge is -2.15. The van der Waals surface area contributed by atoms with Crippen molar-refractivity contribution in [2.45, 2.75) is 22.8 Å². The van der Waals surface area contributed by atoms with Gasteiger partial charge in [-0.1, -0.05) is 30.1 Å². The summed E-state index contributed by atoms with van der Waals surface area (Å²) in [4.78, 5) is -0.128. The largest absolute Gasteiger partial charge is 0.491 e. The van der Waals surface area contributed by atoms with Gasteiger partial charge in [-0.3, -0.25) is 0 Å². The predicted molar refractivity (Wildman–Crippen MR) is 128 cm³/mol. The summed E-state index contributed by atoms with van der Waals surface area (Å²) in [6.45, 7) is 1.75. The number of sulfonamides is 1. The van der Waals surface area contributed by atoms with E-state index in [4.69, 9.17) is 44.3 Å². The molecule has 2 aromatic carbocycles. The minimum atomic E-state index is -3.94. The molecule has 2 N–H and O–H groups in total. The van der Waals surface area contributed by atoms with Gasteiger partial charge in [-0.15, -0.1) is 11.6 Å². The fraction of sp³-hybridized carbons (Fsp3) is 0.400. The van der Waals surface area contributed by atoms with E-state index in [1.807, 2.05) is 6.92 Å². The van der Waals surface area contributed by atoms with Crippen LogP contribution in [-0.4, -0.2) is 59.9 Å². The second kappa shape index (κ2) is 11.9. The molecule has 184 valence electrons. The van der Waals surface area contributed by atoms with Gasteiger partial charge < -0.3 is 14.6 Å². The van der Waals surface area contributed by atoms with Gasteiger partial charge in [-0.2, -0.15) is 0 Å². The van der Waals surface area contributed by atoms with E-state index in [0.29, 0.717) is 11.6 Å². The maximum atomic E-state index is 13.0. The van der Waals surface area contributed by atoms with Crippen LogP contribution in [0.1, 0.15) is 6.92 Å². The molecule has 8 nitrogen and oxygen atoms in total. The highest BCUT2D eigenvalue weighted by molar-refractivity contribution is 7.91. The van der Waals surface area contributed by atoms with Gasteiger partial charge in [0.15, 0.2) is 5.75 Å². The second-order valence-electron chi connectivity index (χ2n) is 7.35. The molecule has 0 bridgehead atoms. The van der Waals surface area contributed by atoms with Crippen LogP contribution < -0.4 is 14.2 Å². The molecular formula is C20H24Cl3NO7S2. The van der Waals surface area contributed by atoms with E-state index in [0.717, 1.165) is 6.26 Å². The third-order valence-electron chi connectivity index (χ3n) is 4.22. The number of aliphatic hydroxyl groups excluding tert-OH is 1. The third kappa shape index (κ3) is 8.47. The van der Waals surface area contributed by atoms with E-state index in [2.05, 4.69) is 4.72 Å². The zero-order chi connectivity index (χ0) is 24.8. The molecule has 0 unspecified atom stereocenters. The van der Waals surface area contributed by atoms with Gasteiger partial charge in [0.05, 0.1) is 32.7 Å². The van der Waals surface area contributed by atoms with Crippen LogP contribution in [0, 0.1) is 5.92 Å². The number of halogens is 3. The van der Waals surface area contributed by atoms with Gasteiger partial charge >= 0.3 is 0 Å². The Labute approximate surface area is 208 Å². The monoisotopic (exact) mass is 559 g/mol. The van der Waals surface area contributed by atoms with E-state index in [-0.39, 0.29) is 51.3 Å². The summed E-state index contributed by atoms with van der Waals surface area (Å²) < 4.78 is 61.2. The molecule has 2 aromatic rings. The van der Waals surface area contributed by atoms with Crippen LogP contribution in [0.15, 0.2) is 46.2 Å². The molecule has 33 heavy (non-hydrogen) atoms. The number of ether oxygens (including phenoxy) is 2. The fourth-order valence-corrected chi connectivity index (χ4v) is 5.07. The predicted octanol–water partition coefficient (Wildman–Crippen LogP) is 3.37. The third-order valence-corrected chi connectivity index (χ3v) is 7.74. The molecular weight excluding hydrogens is 537 g/mol. The van der Waals surface area contributed by atoms with Crippen LogP contribution in [0.4, 0.5) is 0 Å². The van der Waals surface area contributed by atoms with Gasteiger partial charge in [0.2, 0.25) is 19.9 Å². The van der Waals surface area contributed by atoms with Crippen LogP contribution >= 0.6 is 34.8 Å². The Hall–Kier alpha value is -1.27. The highest BCUT2D eigenvalue weighted by Gasteiger charge is 2.22. The van der Waals surface area contributed by atoms with E-state index in [1.54, 1.807) is 0 Å². The normalized spacial score (nSPS) is 14.0. The fourth-order valence-electron chi connectivity index (χ4n) is 2.45. The summed E-state index contributed by atoms with van der Waals surface area (Å²) >= 11 is 18.2. The number of hydrogen-bond donors (Lipinski definition) is 2. The molecule has 0 fully saturated rings. The first-order chi connectivity index (χ1) is 15.3. The van der Waals surface area contributed by atoms with Crippen molar-refractivity contribution in [3.63, 3.8) is 0 Å². The van der Waals surface area contributed by atoms with Crippen molar-refractivity contribution in [2.24, 2.45) is 5.92 Å². The zero-order valence-electron chi connectivity index (χ0n) is 17.8. The number of rotatable bonds is 12. The maximum Gasteiger partial charge on any atom is 0.208 e. The Morgan fingerprint density at radius 3 is 2.06 bits per heavy atom. The van der Waals surface area contributed by atoms with Crippen LogP contribution in [0.25, 0.3) is 0 Å². The van der Waals surface area contributed by atoms with Gasteiger partial charge in [0.25, 0.3) is 0 Å². The average molecular weight is 561 g/mol. The van der Waals surface area contributed by atoms with E-state index in [9.17, 15) is 21.9 Å². The summed E-state index contributed by atoms with van der Waals surface area (Å²) in [7, 11) is -7.37. The number of sulfone groups is 1. The molecule has 0 aliphatic carbocycles. The number of hydrogen-bond acceptors (Lipinski definition) is 7. The van der Waals surface area contributed by atoms with Crippen molar-refractivity contribution in [1.82, 2.24) is 4.72 Å². The quantitative estimate of drug-likeness (QED) is 0.382. The number of nitrogens with one attached hydrogen (secondary N) is 1. The van der Waals surface area contributed by atoms with E-state index < -0.39 is 26.0 Å². The molecule has 0 heterocycles. The van der Waals surface area contributed by atoms with Crippen molar-refractivity contribution in [2.75, 3.05) is 31.9 Å². The molecule has 0 radical (unpaired) electrons. The Bertz CT molecular complexity index is 1130. The van der Waals surface area contributed by atoms with Gasteiger partial charge in [-0.05, 0) is 36.4 Å². The first-order valence-corrected chi connectivity index (χ1v) is 14.3. The highest BCUT2D eigenvalue weighted by atomic mass is 35.5. The smallest absolute Gasteiger partial charge is 0.208 e. The molecule has 0 aliphatic heterocycles. The molecule has 0 saturated heterocycles. The lowest BCUT2D eigenvalue weighted by atomic mass is 10.2. The first-order valence-electron chi connectivity index (χ1n) is 9.62. The van der Waals surface area contributed by atoms with Crippen molar-refractivity contribution in [1.29, 1.82) is 0 Å². The maximum absolute atomic E-state index is 13.0. The average Bonchev–Trinajstić information content (AvgIpc) is 2.75. The Balaban J connectivity index is 2.11. The Morgan fingerprint density at radius 2 is 1.55 bits per heavy atom. The minimum Gasteiger partial charge on any atom is -0.491 e. The lowest BCUT2D eigenvalue weighted by molar-refractivity contribution is 0.111. The lowest BCUT2D eigenvalue weighted by Crippen LogP contribution is -2.34. The molecule has 13 heteroatoms. The van der Waals surface area contributed by atoms with Crippen molar-refractivity contribution >= 4 is 54.7 Å². The summed E-state index contributed by atoms with van der Waals surface area (Å²) in [5.41, 5.74) is 0. The van der Waals surface area contributed by atoms with Crippen molar-refractivity contribution in [3.8, 4) is 11.5 Å². The van der Waals surface area contributed by atoms with Gasteiger partial charge in [0.1, 0.15) is 18.5 Å². The minimum absolute atomic E-state index is 0.0225. The van der Waals surface area contributed by atoms with Crippen molar-refractivity contribution < 1.29 is 31.4 Å². The van der Waals surface area contributed by atoms with Crippen LogP contribution in [-0.2, 0) is 19.9 Å². The zero-order valence-corrected chi connectivity index (χ0v) is 21.7. The standard InChI is InChI=1S/C20H24Cl3NO7S2/c1-13(9-21)11-31-20-18(22)7-17(8-19(20)23)33(28,29)16-5-3-15(4-6-16)30-12-14(25)10-24-32(2,26)27/h3-8,13-14,24-25H,9-12H2,1-2H3/t13-,14-/m1/s1. The molecule has 0 saturated carbocycles. The number of alkyl halides is 1. The summed E-state index contributed by atoms with van der Waals surface area (Å²) in [6.07, 6.45) is -0.108.